The van der Waals surface area contributed by atoms with Crippen molar-refractivity contribution in [3.63, 3.8) is 0 Å². The third kappa shape index (κ3) is 4.11. The molecule has 0 aliphatic heterocycles. The Labute approximate surface area is 178 Å². The molecule has 2 aromatic heterocycles. The van der Waals surface area contributed by atoms with Crippen LogP contribution in [0.4, 0.5) is 5.69 Å². The molecule has 146 valence electrons. The first kappa shape index (κ1) is 20.4. The Morgan fingerprint density at radius 3 is 2.62 bits per heavy atom. The number of methoxy groups -OCH3 is 1. The molecule has 29 heavy (non-hydrogen) atoms. The number of hydrogen-bond acceptors (Lipinski definition) is 7. The molecule has 3 aromatic rings. The van der Waals surface area contributed by atoms with Crippen LogP contribution in [0.5, 0.6) is 0 Å². The first-order valence-electron chi connectivity index (χ1n) is 8.00. The summed E-state index contributed by atoms with van der Waals surface area (Å²) >= 11 is 9.40. The maximum absolute atomic E-state index is 12.6. The van der Waals surface area contributed by atoms with Crippen LogP contribution in [-0.4, -0.2) is 39.0 Å². The fraction of sp³-hybridized carbons (Fsp3) is 0.111. The second kappa shape index (κ2) is 8.38. The van der Waals surface area contributed by atoms with E-state index >= 15 is 0 Å². The van der Waals surface area contributed by atoms with Crippen LogP contribution < -0.4 is 5.32 Å². The predicted octanol–water partition coefficient (Wildman–Crippen LogP) is 3.20. The Balaban J connectivity index is 1.90. The minimum atomic E-state index is -0.726. The summed E-state index contributed by atoms with van der Waals surface area (Å²) < 4.78 is 7.06. The zero-order chi connectivity index (χ0) is 21.1. The Bertz CT molecular complexity index is 1130. The van der Waals surface area contributed by atoms with Gasteiger partial charge in [-0.05, 0) is 40.2 Å². The number of rotatable bonds is 4. The fourth-order valence-electron chi connectivity index (χ4n) is 2.51. The van der Waals surface area contributed by atoms with Crippen LogP contribution in [0.1, 0.15) is 26.4 Å². The Hall–Kier alpha value is -3.29. The topological polar surface area (TPSA) is 123 Å². The number of benzene rings is 1. The van der Waals surface area contributed by atoms with Crippen molar-refractivity contribution in [2.24, 2.45) is 7.05 Å². The van der Waals surface area contributed by atoms with E-state index in [1.807, 2.05) is 6.07 Å². The van der Waals surface area contributed by atoms with E-state index in [0.717, 1.165) is 4.47 Å². The molecule has 9 nitrogen and oxygen atoms in total. The van der Waals surface area contributed by atoms with Crippen molar-refractivity contribution in [3.8, 4) is 17.5 Å². The highest BCUT2D eigenvalue weighted by Gasteiger charge is 2.19. The van der Waals surface area contributed by atoms with E-state index in [1.165, 1.54) is 25.3 Å². The molecule has 0 bridgehead atoms. The third-order valence-corrected chi connectivity index (χ3v) is 4.81. The number of carbonyl (C=O) groups excluding carboxylic acids is 2. The van der Waals surface area contributed by atoms with Crippen LogP contribution in [0.25, 0.3) is 11.4 Å². The van der Waals surface area contributed by atoms with Gasteiger partial charge in [0.1, 0.15) is 17.5 Å². The summed E-state index contributed by atoms with van der Waals surface area (Å²) in [6.07, 6.45) is 1.63. The summed E-state index contributed by atoms with van der Waals surface area (Å²) in [5.74, 6) is -1.34. The normalized spacial score (nSPS) is 10.3. The van der Waals surface area contributed by atoms with Gasteiger partial charge in [0, 0.05) is 7.05 Å². The number of esters is 1. The van der Waals surface area contributed by atoms with E-state index in [9.17, 15) is 9.59 Å². The lowest BCUT2D eigenvalue weighted by molar-refractivity contribution is 0.0602. The van der Waals surface area contributed by atoms with E-state index < -0.39 is 11.9 Å². The molecule has 1 aromatic carbocycles. The van der Waals surface area contributed by atoms with Gasteiger partial charge in [0.05, 0.1) is 39.6 Å². The van der Waals surface area contributed by atoms with Crippen molar-refractivity contribution in [2.45, 2.75) is 0 Å². The van der Waals surface area contributed by atoms with Crippen molar-refractivity contribution in [1.82, 2.24) is 20.0 Å². The number of halogens is 2. The Kier molecular flexibility index (Phi) is 5.91. The summed E-state index contributed by atoms with van der Waals surface area (Å²) in [6.45, 7) is 0. The maximum atomic E-state index is 12.6. The minimum Gasteiger partial charge on any atom is -0.465 e. The van der Waals surface area contributed by atoms with Crippen molar-refractivity contribution >= 4 is 45.1 Å². The maximum Gasteiger partial charge on any atom is 0.340 e. The summed E-state index contributed by atoms with van der Waals surface area (Å²) in [7, 11) is 2.95. The Morgan fingerprint density at radius 2 is 2.07 bits per heavy atom. The van der Waals surface area contributed by atoms with Gasteiger partial charge >= 0.3 is 5.97 Å². The minimum absolute atomic E-state index is 0.00908. The Morgan fingerprint density at radius 1 is 1.31 bits per heavy atom. The van der Waals surface area contributed by atoms with Gasteiger partial charge in [-0.1, -0.05) is 11.6 Å². The van der Waals surface area contributed by atoms with Crippen molar-refractivity contribution in [2.75, 3.05) is 12.4 Å². The molecular weight excluding hydrogens is 464 g/mol. The lowest BCUT2D eigenvalue weighted by Crippen LogP contribution is -2.17. The standard InChI is InChI=1S/C18H12BrClN6O3/c1-26-16(11(19)8-22-26)13-3-4-14(25-24-13)17(27)23-15-6-12(20)9(7-21)5-10(15)18(28)29-2/h3-6,8H,1-2H3,(H,23,27). The second-order valence-corrected chi connectivity index (χ2v) is 6.97. The number of nitrogens with zero attached hydrogens (tertiary/aromatic N) is 5. The molecule has 2 heterocycles. The van der Waals surface area contributed by atoms with Crippen LogP contribution in [0.2, 0.25) is 5.02 Å². The molecule has 0 spiro atoms. The summed E-state index contributed by atoms with van der Waals surface area (Å²) in [5.41, 5.74) is 1.40. The van der Waals surface area contributed by atoms with Crippen LogP contribution in [0.15, 0.2) is 34.9 Å². The molecular formula is C18H12BrClN6O3. The van der Waals surface area contributed by atoms with Crippen molar-refractivity contribution in [1.29, 1.82) is 5.26 Å². The number of aryl methyl sites for hydroxylation is 1. The molecule has 0 saturated heterocycles. The van der Waals surface area contributed by atoms with E-state index in [0.29, 0.717) is 11.4 Å². The molecule has 1 N–H and O–H groups in total. The molecule has 0 saturated carbocycles. The highest BCUT2D eigenvalue weighted by Crippen LogP contribution is 2.27. The predicted molar refractivity (Wildman–Crippen MR) is 107 cm³/mol. The van der Waals surface area contributed by atoms with Crippen LogP contribution in [0.3, 0.4) is 0 Å². The van der Waals surface area contributed by atoms with Gasteiger partial charge < -0.3 is 10.1 Å². The first-order valence-corrected chi connectivity index (χ1v) is 9.17. The molecule has 11 heteroatoms. The number of amides is 1. The summed E-state index contributed by atoms with van der Waals surface area (Å²) in [4.78, 5) is 24.6. The average molecular weight is 476 g/mol. The number of nitrogens with one attached hydrogen (secondary N) is 1. The van der Waals surface area contributed by atoms with Gasteiger partial charge in [0.25, 0.3) is 5.91 Å². The highest BCUT2D eigenvalue weighted by atomic mass is 79.9. The third-order valence-electron chi connectivity index (χ3n) is 3.92. The quantitative estimate of drug-likeness (QED) is 0.575. The van der Waals surface area contributed by atoms with E-state index in [2.05, 4.69) is 36.5 Å². The van der Waals surface area contributed by atoms with Gasteiger partial charge in [-0.25, -0.2) is 4.79 Å². The van der Waals surface area contributed by atoms with Gasteiger partial charge in [-0.2, -0.15) is 10.4 Å². The second-order valence-electron chi connectivity index (χ2n) is 5.70. The monoisotopic (exact) mass is 474 g/mol. The van der Waals surface area contributed by atoms with Crippen LogP contribution >= 0.6 is 27.5 Å². The molecule has 3 rings (SSSR count). The van der Waals surface area contributed by atoms with Crippen LogP contribution in [0, 0.1) is 11.3 Å². The number of hydrogen-bond donors (Lipinski definition) is 1. The fourth-order valence-corrected chi connectivity index (χ4v) is 3.26. The molecule has 0 radical (unpaired) electrons. The van der Waals surface area contributed by atoms with Gasteiger partial charge in [-0.3, -0.25) is 9.48 Å². The molecule has 0 fully saturated rings. The SMILES string of the molecule is COC(=O)c1cc(C#N)c(Cl)cc1NC(=O)c1ccc(-c2c(Br)cnn2C)nn1. The molecule has 0 atom stereocenters. The first-order chi connectivity index (χ1) is 13.8. The van der Waals surface area contributed by atoms with Crippen LogP contribution in [-0.2, 0) is 11.8 Å². The smallest absolute Gasteiger partial charge is 0.340 e. The number of ether oxygens (including phenoxy) is 1. The number of carbonyl (C=O) groups is 2. The highest BCUT2D eigenvalue weighted by molar-refractivity contribution is 9.10. The number of nitriles is 1. The molecule has 1 amide bonds. The van der Waals surface area contributed by atoms with Gasteiger partial charge in [0.15, 0.2) is 5.69 Å². The van der Waals surface area contributed by atoms with Gasteiger partial charge in [-0.15, -0.1) is 10.2 Å². The van der Waals surface area contributed by atoms with E-state index in [-0.39, 0.29) is 27.5 Å². The molecule has 0 aliphatic rings. The zero-order valence-electron chi connectivity index (χ0n) is 15.1. The lowest BCUT2D eigenvalue weighted by Gasteiger charge is -2.11. The van der Waals surface area contributed by atoms with Crippen molar-refractivity contribution < 1.29 is 14.3 Å². The van der Waals surface area contributed by atoms with E-state index in [1.54, 1.807) is 24.0 Å². The van der Waals surface area contributed by atoms with Crippen molar-refractivity contribution in [3.05, 3.63) is 56.8 Å². The largest absolute Gasteiger partial charge is 0.465 e. The average Bonchev–Trinajstić information content (AvgIpc) is 3.05. The lowest BCUT2D eigenvalue weighted by atomic mass is 10.1. The van der Waals surface area contributed by atoms with Gasteiger partial charge in [0.2, 0.25) is 0 Å². The molecule has 0 aliphatic carbocycles. The van der Waals surface area contributed by atoms with E-state index in [4.69, 9.17) is 21.6 Å². The molecule has 0 unspecified atom stereocenters. The zero-order valence-corrected chi connectivity index (χ0v) is 17.4. The summed E-state index contributed by atoms with van der Waals surface area (Å²) in [6, 6.07) is 7.53. The summed E-state index contributed by atoms with van der Waals surface area (Å²) in [5, 5.41) is 23.8. The number of aromatic nitrogens is 4. The number of anilines is 1.